The highest BCUT2D eigenvalue weighted by Crippen LogP contribution is 2.14. The fourth-order valence-corrected chi connectivity index (χ4v) is 2.70. The molecule has 1 aromatic heterocycles. The molecule has 0 aliphatic carbocycles. The number of carbonyl (C=O) groups is 2. The summed E-state index contributed by atoms with van der Waals surface area (Å²) in [5.74, 6) is -0.593. The average molecular weight is 363 g/mol. The van der Waals surface area contributed by atoms with Crippen LogP contribution in [0, 0.1) is 13.8 Å². The van der Waals surface area contributed by atoms with Crippen LogP contribution in [0.2, 0.25) is 5.02 Å². The van der Waals surface area contributed by atoms with Gasteiger partial charge in [0, 0.05) is 18.8 Å². The maximum Gasteiger partial charge on any atom is 0.253 e. The van der Waals surface area contributed by atoms with Gasteiger partial charge in [0.2, 0.25) is 5.91 Å². The highest BCUT2D eigenvalue weighted by molar-refractivity contribution is 6.33. The molecule has 0 unspecified atom stereocenters. The predicted molar refractivity (Wildman–Crippen MR) is 97.7 cm³/mol. The Hall–Kier alpha value is -2.34. The third-order valence-corrected chi connectivity index (χ3v) is 4.14. The second kappa shape index (κ2) is 8.67. The summed E-state index contributed by atoms with van der Waals surface area (Å²) in [6.45, 7) is 6.86. The smallest absolute Gasteiger partial charge is 0.253 e. The van der Waals surface area contributed by atoms with Gasteiger partial charge in [-0.15, -0.1) is 0 Å². The van der Waals surface area contributed by atoms with Gasteiger partial charge in [0.05, 0.1) is 16.3 Å². The van der Waals surface area contributed by atoms with E-state index < -0.39 is 6.04 Å². The number of rotatable bonds is 7. The first-order chi connectivity index (χ1) is 11.9. The first kappa shape index (κ1) is 19.0. The largest absolute Gasteiger partial charge is 0.354 e. The Morgan fingerprint density at radius 2 is 2.00 bits per heavy atom. The predicted octanol–water partition coefficient (Wildman–Crippen LogP) is 2.48. The molecule has 1 heterocycles. The van der Waals surface area contributed by atoms with Crippen LogP contribution in [0.4, 0.5) is 0 Å². The van der Waals surface area contributed by atoms with Crippen LogP contribution >= 0.6 is 11.6 Å². The second-order valence-corrected chi connectivity index (χ2v) is 6.38. The van der Waals surface area contributed by atoms with Crippen molar-refractivity contribution in [1.29, 1.82) is 0 Å². The quantitative estimate of drug-likeness (QED) is 0.743. The van der Waals surface area contributed by atoms with Crippen molar-refractivity contribution in [2.24, 2.45) is 0 Å². The zero-order valence-corrected chi connectivity index (χ0v) is 15.4. The number of carbonyl (C=O) groups excluding carboxylic acids is 2. The maximum atomic E-state index is 12.1. The van der Waals surface area contributed by atoms with Gasteiger partial charge in [-0.05, 0) is 45.4 Å². The van der Waals surface area contributed by atoms with E-state index in [4.69, 9.17) is 11.6 Å². The van der Waals surface area contributed by atoms with Crippen LogP contribution in [0.3, 0.4) is 0 Å². The number of halogens is 1. The van der Waals surface area contributed by atoms with E-state index in [1.54, 1.807) is 31.2 Å². The molecule has 1 atom stereocenters. The molecule has 0 bridgehead atoms. The number of nitrogens with one attached hydrogen (secondary N) is 2. The molecule has 134 valence electrons. The van der Waals surface area contributed by atoms with Crippen LogP contribution in [-0.2, 0) is 11.3 Å². The molecule has 1 aromatic carbocycles. The first-order valence-corrected chi connectivity index (χ1v) is 8.60. The number of hydrogen-bond donors (Lipinski definition) is 2. The molecule has 6 nitrogen and oxygen atoms in total. The average Bonchev–Trinajstić information content (AvgIpc) is 2.89. The molecule has 0 radical (unpaired) electrons. The van der Waals surface area contributed by atoms with E-state index in [0.29, 0.717) is 17.1 Å². The van der Waals surface area contributed by atoms with E-state index in [2.05, 4.69) is 15.7 Å². The molecule has 25 heavy (non-hydrogen) atoms. The Morgan fingerprint density at radius 1 is 1.28 bits per heavy atom. The molecule has 2 rings (SSSR count). The summed E-state index contributed by atoms with van der Waals surface area (Å²) in [5, 5.41) is 10.2. The number of aryl methyl sites for hydroxylation is 3. The van der Waals surface area contributed by atoms with Gasteiger partial charge in [0.1, 0.15) is 6.04 Å². The lowest BCUT2D eigenvalue weighted by Crippen LogP contribution is -2.45. The first-order valence-electron chi connectivity index (χ1n) is 8.22. The van der Waals surface area contributed by atoms with Gasteiger partial charge in [-0.2, -0.15) is 5.10 Å². The molecular formula is C18H23ClN4O2. The van der Waals surface area contributed by atoms with Crippen LogP contribution < -0.4 is 10.6 Å². The van der Waals surface area contributed by atoms with Gasteiger partial charge >= 0.3 is 0 Å². The topological polar surface area (TPSA) is 76.0 Å². The van der Waals surface area contributed by atoms with Crippen LogP contribution in [0.25, 0.3) is 0 Å². The van der Waals surface area contributed by atoms with Crippen molar-refractivity contribution in [2.75, 3.05) is 6.54 Å². The van der Waals surface area contributed by atoms with Gasteiger partial charge in [0.25, 0.3) is 5.91 Å². The monoisotopic (exact) mass is 362 g/mol. The molecule has 0 spiro atoms. The fourth-order valence-electron chi connectivity index (χ4n) is 2.48. The lowest BCUT2D eigenvalue weighted by atomic mass is 10.2. The molecular weight excluding hydrogens is 340 g/mol. The summed E-state index contributed by atoms with van der Waals surface area (Å²) in [4.78, 5) is 24.2. The minimum atomic E-state index is -0.641. The molecule has 7 heteroatoms. The third-order valence-electron chi connectivity index (χ3n) is 3.81. The lowest BCUT2D eigenvalue weighted by molar-refractivity contribution is -0.122. The molecule has 0 fully saturated rings. The summed E-state index contributed by atoms with van der Waals surface area (Å²) >= 11 is 5.99. The van der Waals surface area contributed by atoms with Gasteiger partial charge in [-0.3, -0.25) is 14.3 Å². The van der Waals surface area contributed by atoms with Crippen molar-refractivity contribution >= 4 is 23.4 Å². The van der Waals surface area contributed by atoms with Crippen molar-refractivity contribution < 1.29 is 9.59 Å². The number of nitrogens with zero attached hydrogens (tertiary/aromatic N) is 2. The maximum absolute atomic E-state index is 12.1. The molecule has 2 N–H and O–H groups in total. The lowest BCUT2D eigenvalue weighted by Gasteiger charge is -2.15. The van der Waals surface area contributed by atoms with Gasteiger partial charge in [-0.25, -0.2) is 0 Å². The Labute approximate surface area is 152 Å². The Balaban J connectivity index is 1.76. The number of amides is 2. The Kier molecular flexibility index (Phi) is 6.58. The van der Waals surface area contributed by atoms with Crippen LogP contribution in [0.1, 0.15) is 35.1 Å². The minimum Gasteiger partial charge on any atom is -0.354 e. The van der Waals surface area contributed by atoms with E-state index in [1.165, 1.54) is 0 Å². The van der Waals surface area contributed by atoms with Gasteiger partial charge < -0.3 is 10.6 Å². The molecule has 2 aromatic rings. The normalized spacial score (nSPS) is 11.8. The highest BCUT2D eigenvalue weighted by Gasteiger charge is 2.17. The van der Waals surface area contributed by atoms with Crippen LogP contribution in [-0.4, -0.2) is 34.2 Å². The zero-order valence-electron chi connectivity index (χ0n) is 14.7. The summed E-state index contributed by atoms with van der Waals surface area (Å²) in [6.07, 6.45) is 0.763. The van der Waals surface area contributed by atoms with E-state index in [9.17, 15) is 9.59 Å². The zero-order chi connectivity index (χ0) is 18.4. The molecule has 0 saturated heterocycles. The van der Waals surface area contributed by atoms with Gasteiger partial charge in [-0.1, -0.05) is 23.7 Å². The highest BCUT2D eigenvalue weighted by atomic mass is 35.5. The number of aromatic nitrogens is 2. The second-order valence-electron chi connectivity index (χ2n) is 5.97. The third kappa shape index (κ3) is 5.32. The van der Waals surface area contributed by atoms with Crippen molar-refractivity contribution in [3.05, 3.63) is 52.3 Å². The van der Waals surface area contributed by atoms with Crippen LogP contribution in [0.15, 0.2) is 30.3 Å². The number of hydrogen-bond acceptors (Lipinski definition) is 3. The van der Waals surface area contributed by atoms with Crippen molar-refractivity contribution in [3.63, 3.8) is 0 Å². The summed E-state index contributed by atoms with van der Waals surface area (Å²) < 4.78 is 1.92. The Bertz CT molecular complexity index is 757. The molecule has 0 saturated carbocycles. The fraction of sp³-hybridized carbons (Fsp3) is 0.389. The summed E-state index contributed by atoms with van der Waals surface area (Å²) in [5.41, 5.74) is 2.44. The summed E-state index contributed by atoms with van der Waals surface area (Å²) in [7, 11) is 0. The molecule has 2 amide bonds. The van der Waals surface area contributed by atoms with Gasteiger partial charge in [0.15, 0.2) is 0 Å². The SMILES string of the molecule is Cc1cc(C)n(CCCNC(=O)[C@H](C)NC(=O)c2ccccc2Cl)n1. The van der Waals surface area contributed by atoms with E-state index >= 15 is 0 Å². The Morgan fingerprint density at radius 3 is 2.64 bits per heavy atom. The summed E-state index contributed by atoms with van der Waals surface area (Å²) in [6, 6.07) is 8.11. The van der Waals surface area contributed by atoms with Crippen LogP contribution in [0.5, 0.6) is 0 Å². The molecule has 0 aliphatic rings. The van der Waals surface area contributed by atoms with E-state index in [-0.39, 0.29) is 11.8 Å². The molecule has 0 aliphatic heterocycles. The number of benzene rings is 1. The van der Waals surface area contributed by atoms with E-state index in [1.807, 2.05) is 24.6 Å². The minimum absolute atomic E-state index is 0.228. The standard InChI is InChI=1S/C18H23ClN4O2/c1-12-11-13(2)23(22-12)10-6-9-20-17(24)14(3)21-18(25)15-7-4-5-8-16(15)19/h4-5,7-8,11,14H,6,9-10H2,1-3H3,(H,20,24)(H,21,25)/t14-/m0/s1. The van der Waals surface area contributed by atoms with E-state index in [0.717, 1.165) is 24.4 Å². The van der Waals surface area contributed by atoms with Crippen molar-refractivity contribution in [3.8, 4) is 0 Å². The van der Waals surface area contributed by atoms with Crippen molar-refractivity contribution in [2.45, 2.75) is 39.8 Å². The van der Waals surface area contributed by atoms with Crippen molar-refractivity contribution in [1.82, 2.24) is 20.4 Å².